The number of aromatic nitrogens is 3. The number of carbonyl (C=O) groups is 2. The van der Waals surface area contributed by atoms with Crippen molar-refractivity contribution in [3.05, 3.63) is 51.7 Å². The van der Waals surface area contributed by atoms with Gasteiger partial charge in [0.15, 0.2) is 5.13 Å². The lowest BCUT2D eigenvalue weighted by atomic mass is 10.2. The minimum absolute atomic E-state index is 0.127. The van der Waals surface area contributed by atoms with E-state index in [2.05, 4.69) is 35.4 Å². The molecule has 3 amide bonds. The van der Waals surface area contributed by atoms with Crippen molar-refractivity contribution in [2.24, 2.45) is 0 Å². The van der Waals surface area contributed by atoms with Gasteiger partial charge in [-0.2, -0.15) is 0 Å². The van der Waals surface area contributed by atoms with E-state index in [0.29, 0.717) is 44.9 Å². The number of amides is 3. The van der Waals surface area contributed by atoms with Crippen LogP contribution in [0.2, 0.25) is 5.02 Å². The molecule has 2 saturated heterocycles. The van der Waals surface area contributed by atoms with Gasteiger partial charge in [-0.15, -0.1) is 0 Å². The molecule has 2 aliphatic rings. The minimum Gasteiger partial charge on any atom is -0.395 e. The molecule has 2 fully saturated rings. The number of halogens is 1. The van der Waals surface area contributed by atoms with Crippen molar-refractivity contribution in [1.29, 1.82) is 0 Å². The molecule has 1 unspecified atom stereocenters. The van der Waals surface area contributed by atoms with E-state index in [9.17, 15) is 9.59 Å². The molecule has 1 aromatic carbocycles. The molecule has 5 rings (SSSR count). The van der Waals surface area contributed by atoms with Gasteiger partial charge in [-0.3, -0.25) is 9.69 Å². The normalized spacial score (nSPS) is 17.3. The Balaban J connectivity index is 0.000000385. The predicted molar refractivity (Wildman–Crippen MR) is 167 cm³/mol. The highest BCUT2D eigenvalue weighted by atomic mass is 35.5. The number of anilines is 4. The van der Waals surface area contributed by atoms with Crippen LogP contribution in [0.1, 0.15) is 28.0 Å². The lowest BCUT2D eigenvalue weighted by Gasteiger charge is -2.35. The highest BCUT2D eigenvalue weighted by molar-refractivity contribution is 7.17. The second-order valence-corrected chi connectivity index (χ2v) is 11.8. The average Bonchev–Trinajstić information content (AvgIpc) is 3.51. The van der Waals surface area contributed by atoms with Crippen molar-refractivity contribution in [2.75, 3.05) is 75.5 Å². The number of aliphatic hydroxyl groups is 1. The molecule has 0 spiro atoms. The predicted octanol–water partition coefficient (Wildman–Crippen LogP) is 3.69. The van der Waals surface area contributed by atoms with Crippen LogP contribution in [0.3, 0.4) is 0 Å². The smallest absolute Gasteiger partial charge is 0.319 e. The number of piperazine rings is 1. The minimum atomic E-state index is -0.267. The van der Waals surface area contributed by atoms with Crippen molar-refractivity contribution >= 4 is 57.3 Å². The number of likely N-dealkylation sites (N-methyl/N-ethyl adjacent to an activating group) is 2. The number of β-amino-alcohol motifs (C(OH)–C–C–N with tert-alkyl or cyclic N) is 1. The van der Waals surface area contributed by atoms with Crippen molar-refractivity contribution < 1.29 is 14.7 Å². The first kappa shape index (κ1) is 31.4. The first-order chi connectivity index (χ1) is 20.0. The average molecular weight is 616 g/mol. The van der Waals surface area contributed by atoms with Crippen molar-refractivity contribution in [3.8, 4) is 0 Å². The fourth-order valence-electron chi connectivity index (χ4n) is 4.69. The van der Waals surface area contributed by atoms with Crippen LogP contribution in [-0.4, -0.2) is 113 Å². The van der Waals surface area contributed by atoms with Gasteiger partial charge in [0.2, 0.25) is 0 Å². The Morgan fingerprint density at radius 1 is 1.17 bits per heavy atom. The van der Waals surface area contributed by atoms with Crippen LogP contribution >= 0.6 is 22.9 Å². The Labute approximate surface area is 255 Å². The quantitative estimate of drug-likeness (QED) is 0.364. The van der Waals surface area contributed by atoms with Crippen LogP contribution in [0.15, 0.2) is 30.5 Å². The Morgan fingerprint density at radius 3 is 2.50 bits per heavy atom. The highest BCUT2D eigenvalue weighted by Crippen LogP contribution is 2.28. The van der Waals surface area contributed by atoms with Crippen molar-refractivity contribution in [2.45, 2.75) is 26.8 Å². The fourth-order valence-corrected chi connectivity index (χ4v) is 5.67. The van der Waals surface area contributed by atoms with E-state index in [4.69, 9.17) is 16.7 Å². The largest absolute Gasteiger partial charge is 0.395 e. The van der Waals surface area contributed by atoms with Crippen LogP contribution in [0.25, 0.3) is 0 Å². The molecule has 0 saturated carbocycles. The van der Waals surface area contributed by atoms with Gasteiger partial charge >= 0.3 is 6.03 Å². The van der Waals surface area contributed by atoms with Crippen LogP contribution in [0.4, 0.5) is 27.2 Å². The molecule has 226 valence electrons. The van der Waals surface area contributed by atoms with Crippen LogP contribution < -0.4 is 15.5 Å². The topological polar surface area (TPSA) is 130 Å². The number of carbonyl (C=O) groups excluding carboxylic acids is 2. The first-order valence-electron chi connectivity index (χ1n) is 13.8. The standard InChI is InChI=1S/C22H26ClN7O2S.C6H12N2O/c1-14-4-3-5-16(23)20(14)28-21(32)17-13-24-22(33-17)27-18-12-19(26-15(2)25-18)30-8-6-29(7-9-30)10-11-31;1-5-4-7(2)6(9)8(5)3/h3-5,12-13,31H,6-11H2,1-2H3,(H,28,32)(H,24,25,26,27);5H,4H2,1-3H3. The van der Waals surface area contributed by atoms with E-state index in [1.807, 2.05) is 53.1 Å². The van der Waals surface area contributed by atoms with Gasteiger partial charge in [-0.1, -0.05) is 35.1 Å². The third-order valence-electron chi connectivity index (χ3n) is 7.19. The van der Waals surface area contributed by atoms with Gasteiger partial charge in [-0.05, 0) is 32.4 Å². The van der Waals surface area contributed by atoms with Gasteiger partial charge in [0.05, 0.1) is 23.5 Å². The number of urea groups is 1. The first-order valence-corrected chi connectivity index (χ1v) is 15.0. The number of para-hydroxylation sites is 1. The maximum Gasteiger partial charge on any atom is 0.319 e. The fraction of sp³-hybridized carbons (Fsp3) is 0.464. The molecule has 12 nitrogen and oxygen atoms in total. The van der Waals surface area contributed by atoms with Crippen molar-refractivity contribution in [1.82, 2.24) is 29.7 Å². The second kappa shape index (κ2) is 14.1. The van der Waals surface area contributed by atoms with Gasteiger partial charge in [0.1, 0.15) is 22.3 Å². The lowest BCUT2D eigenvalue weighted by molar-refractivity contribution is 0.103. The van der Waals surface area contributed by atoms with Crippen LogP contribution in [0, 0.1) is 13.8 Å². The molecule has 0 radical (unpaired) electrons. The number of nitrogens with one attached hydrogen (secondary N) is 2. The Bertz CT molecular complexity index is 1380. The molecule has 3 aromatic rings. The molecule has 2 aromatic heterocycles. The summed E-state index contributed by atoms with van der Waals surface area (Å²) in [6.07, 6.45) is 1.53. The summed E-state index contributed by atoms with van der Waals surface area (Å²) in [5.41, 5.74) is 1.49. The molecule has 4 heterocycles. The lowest BCUT2D eigenvalue weighted by Crippen LogP contribution is -2.47. The third-order valence-corrected chi connectivity index (χ3v) is 8.42. The molecule has 0 bridgehead atoms. The van der Waals surface area contributed by atoms with E-state index >= 15 is 0 Å². The van der Waals surface area contributed by atoms with E-state index in [1.54, 1.807) is 15.9 Å². The molecule has 0 aliphatic carbocycles. The zero-order valence-corrected chi connectivity index (χ0v) is 26.2. The molecular weight excluding hydrogens is 578 g/mol. The Hall–Kier alpha value is -3.52. The number of rotatable bonds is 7. The van der Waals surface area contributed by atoms with E-state index in [0.717, 1.165) is 44.1 Å². The molecule has 3 N–H and O–H groups in total. The summed E-state index contributed by atoms with van der Waals surface area (Å²) in [5.74, 6) is 1.85. The molecule has 42 heavy (non-hydrogen) atoms. The monoisotopic (exact) mass is 615 g/mol. The summed E-state index contributed by atoms with van der Waals surface area (Å²) in [6, 6.07) is 7.87. The maximum absolute atomic E-state index is 12.7. The second-order valence-electron chi connectivity index (χ2n) is 10.4. The summed E-state index contributed by atoms with van der Waals surface area (Å²) in [5, 5.41) is 16.2. The zero-order chi connectivity index (χ0) is 30.4. The zero-order valence-electron chi connectivity index (χ0n) is 24.6. The van der Waals surface area contributed by atoms with E-state index in [1.165, 1.54) is 17.5 Å². The van der Waals surface area contributed by atoms with Gasteiger partial charge in [0, 0.05) is 65.5 Å². The number of aryl methyl sites for hydroxylation is 2. The SMILES string of the molecule is CC1CN(C)C(=O)N1C.Cc1nc(Nc2ncc(C(=O)Nc3c(C)cccc3Cl)s2)cc(N2CCN(CCO)CC2)n1. The van der Waals surface area contributed by atoms with E-state index in [-0.39, 0.29) is 18.5 Å². The maximum atomic E-state index is 12.7. The van der Waals surface area contributed by atoms with Crippen molar-refractivity contribution in [3.63, 3.8) is 0 Å². The summed E-state index contributed by atoms with van der Waals surface area (Å²) >= 11 is 7.46. The van der Waals surface area contributed by atoms with Gasteiger partial charge < -0.3 is 30.4 Å². The number of thiazole rings is 1. The Morgan fingerprint density at radius 2 is 1.90 bits per heavy atom. The summed E-state index contributed by atoms with van der Waals surface area (Å²) < 4.78 is 0. The summed E-state index contributed by atoms with van der Waals surface area (Å²) in [7, 11) is 3.65. The Kier molecular flexibility index (Phi) is 10.5. The molecule has 14 heteroatoms. The summed E-state index contributed by atoms with van der Waals surface area (Å²) in [6.45, 7) is 10.9. The number of hydrogen-bond donors (Lipinski definition) is 3. The van der Waals surface area contributed by atoms with Gasteiger partial charge in [0.25, 0.3) is 5.91 Å². The van der Waals surface area contributed by atoms with E-state index < -0.39 is 0 Å². The number of aliphatic hydroxyl groups excluding tert-OH is 1. The molecule has 2 aliphatic heterocycles. The van der Waals surface area contributed by atoms with Gasteiger partial charge in [-0.25, -0.2) is 19.7 Å². The number of hydrogen-bond acceptors (Lipinski definition) is 10. The molecular formula is C28H38ClN9O3S. The number of nitrogens with zero attached hydrogens (tertiary/aromatic N) is 7. The molecule has 1 atom stereocenters. The summed E-state index contributed by atoms with van der Waals surface area (Å²) in [4.78, 5) is 45.4. The number of benzene rings is 1. The van der Waals surface area contributed by atoms with Crippen LogP contribution in [0.5, 0.6) is 0 Å². The highest BCUT2D eigenvalue weighted by Gasteiger charge is 2.28. The van der Waals surface area contributed by atoms with Crippen LogP contribution in [-0.2, 0) is 0 Å². The third kappa shape index (κ3) is 7.85.